The first kappa shape index (κ1) is 23.0. The van der Waals surface area contributed by atoms with Gasteiger partial charge < -0.3 is 31.3 Å². The Labute approximate surface area is 175 Å². The molecule has 1 aliphatic heterocycles. The number of nitrogens with zero attached hydrogens (tertiary/aromatic N) is 4. The maximum Gasteiger partial charge on any atom is 0.432 e. The number of nitrogens with two attached hydrogens (primary N) is 2. The Kier molecular flexibility index (Phi) is 6.83. The Hall–Kier alpha value is -2.68. The SMILES string of the molecule is Nc1ncnc2c1ncn2[C@H]1C[C@H](O)[C@@H](COP(=O)(O)NC(=O)[C@@H](N)CCC(=O)O)O1. The number of carbonyl (C=O) groups is 2. The molecule has 1 fully saturated rings. The van der Waals surface area contributed by atoms with E-state index in [1.54, 1.807) is 9.65 Å². The largest absolute Gasteiger partial charge is 0.481 e. The molecule has 1 amide bonds. The van der Waals surface area contributed by atoms with Gasteiger partial charge in [0.25, 0.3) is 0 Å². The number of anilines is 1. The summed E-state index contributed by atoms with van der Waals surface area (Å²) in [5.74, 6) is -2.02. The molecular formula is C15H22N7O8P. The smallest absolute Gasteiger partial charge is 0.432 e. The van der Waals surface area contributed by atoms with Crippen molar-refractivity contribution in [3.63, 3.8) is 0 Å². The minimum absolute atomic E-state index is 0.117. The van der Waals surface area contributed by atoms with E-state index in [0.717, 1.165) is 0 Å². The lowest BCUT2D eigenvalue weighted by molar-refractivity contribution is -0.137. The number of hydrogen-bond donors (Lipinski definition) is 6. The number of aliphatic hydroxyl groups is 1. The molecule has 1 aliphatic rings. The molecule has 3 rings (SSSR count). The van der Waals surface area contributed by atoms with E-state index in [9.17, 15) is 24.2 Å². The lowest BCUT2D eigenvalue weighted by atomic mass is 10.1. The zero-order chi connectivity index (χ0) is 22.8. The second kappa shape index (κ2) is 9.21. The third kappa shape index (κ3) is 5.52. The molecule has 0 bridgehead atoms. The number of carbonyl (C=O) groups excluding carboxylic acids is 1. The Balaban J connectivity index is 1.56. The molecule has 0 saturated carbocycles. The standard InChI is InChI=1S/C15H22N7O8P/c16-7(1-2-11(24)25)15(26)21-31(27,28)29-4-9-8(23)3-10(30-9)22-6-20-12-13(17)18-5-19-14(12)22/h5-10,23H,1-4,16H2,(H,24,25)(H2,17,18,19)(H2,21,26,27,28)/t7-,8-,9+,10+/m0/s1. The Morgan fingerprint density at radius 1 is 1.42 bits per heavy atom. The molecule has 3 heterocycles. The molecule has 2 aromatic rings. The lowest BCUT2D eigenvalue weighted by Gasteiger charge is -2.19. The first-order valence-electron chi connectivity index (χ1n) is 9.10. The van der Waals surface area contributed by atoms with Crippen molar-refractivity contribution in [2.24, 2.45) is 5.73 Å². The van der Waals surface area contributed by atoms with Crippen LogP contribution in [-0.2, 0) is 23.4 Å². The third-order valence-electron chi connectivity index (χ3n) is 4.57. The molecule has 1 unspecified atom stereocenters. The van der Waals surface area contributed by atoms with E-state index >= 15 is 0 Å². The molecule has 5 atom stereocenters. The van der Waals surface area contributed by atoms with Crippen molar-refractivity contribution in [1.82, 2.24) is 24.6 Å². The third-order valence-corrected chi connectivity index (χ3v) is 5.57. The van der Waals surface area contributed by atoms with Crippen LogP contribution in [0.5, 0.6) is 0 Å². The molecule has 170 valence electrons. The highest BCUT2D eigenvalue weighted by Crippen LogP contribution is 2.39. The van der Waals surface area contributed by atoms with Crippen LogP contribution in [0, 0.1) is 0 Å². The van der Waals surface area contributed by atoms with Crippen LogP contribution in [0.2, 0.25) is 0 Å². The minimum atomic E-state index is -4.63. The fourth-order valence-corrected chi connectivity index (χ4v) is 3.81. The van der Waals surface area contributed by atoms with E-state index in [4.69, 9.17) is 25.8 Å². The summed E-state index contributed by atoms with van der Waals surface area (Å²) in [5, 5.41) is 20.6. The van der Waals surface area contributed by atoms with Crippen LogP contribution in [-0.4, -0.2) is 71.4 Å². The lowest BCUT2D eigenvalue weighted by Crippen LogP contribution is -2.40. The number of aliphatic hydroxyl groups excluding tert-OH is 1. The van der Waals surface area contributed by atoms with Gasteiger partial charge >= 0.3 is 13.7 Å². The molecule has 0 spiro atoms. The van der Waals surface area contributed by atoms with Crippen molar-refractivity contribution in [3.8, 4) is 0 Å². The number of ether oxygens (including phenoxy) is 1. The number of fused-ring (bicyclic) bond motifs is 1. The number of aromatic nitrogens is 4. The Morgan fingerprint density at radius 2 is 2.16 bits per heavy atom. The maximum absolute atomic E-state index is 12.1. The highest BCUT2D eigenvalue weighted by atomic mass is 31.2. The van der Waals surface area contributed by atoms with Gasteiger partial charge in [-0.15, -0.1) is 0 Å². The number of nitrogens with one attached hydrogen (secondary N) is 1. The van der Waals surface area contributed by atoms with Gasteiger partial charge in [-0.05, 0) is 6.42 Å². The van der Waals surface area contributed by atoms with Crippen molar-refractivity contribution in [1.29, 1.82) is 0 Å². The topological polar surface area (TPSA) is 238 Å². The minimum Gasteiger partial charge on any atom is -0.481 e. The monoisotopic (exact) mass is 459 g/mol. The fraction of sp³-hybridized carbons (Fsp3) is 0.533. The average molecular weight is 459 g/mol. The molecule has 15 nitrogen and oxygen atoms in total. The van der Waals surface area contributed by atoms with Gasteiger partial charge in [0.1, 0.15) is 24.2 Å². The summed E-state index contributed by atoms with van der Waals surface area (Å²) >= 11 is 0. The van der Waals surface area contributed by atoms with Crippen LogP contribution in [0.15, 0.2) is 12.7 Å². The van der Waals surface area contributed by atoms with Crippen LogP contribution < -0.4 is 16.6 Å². The summed E-state index contributed by atoms with van der Waals surface area (Å²) in [6.45, 7) is -0.514. The van der Waals surface area contributed by atoms with E-state index < -0.39 is 50.7 Å². The predicted octanol–water partition coefficient (Wildman–Crippen LogP) is -1.52. The van der Waals surface area contributed by atoms with Gasteiger partial charge in [-0.3, -0.25) is 23.8 Å². The van der Waals surface area contributed by atoms with Gasteiger partial charge in [0.2, 0.25) is 5.91 Å². The molecule has 16 heteroatoms. The highest BCUT2D eigenvalue weighted by Gasteiger charge is 2.38. The van der Waals surface area contributed by atoms with Gasteiger partial charge in [0.15, 0.2) is 11.5 Å². The number of carboxylic acid groups (broad SMARTS) is 1. The first-order chi connectivity index (χ1) is 14.6. The van der Waals surface area contributed by atoms with E-state index in [1.807, 2.05) is 0 Å². The predicted molar refractivity (Wildman–Crippen MR) is 103 cm³/mol. The molecule has 0 aliphatic carbocycles. The summed E-state index contributed by atoms with van der Waals surface area (Å²) < 4.78 is 24.2. The summed E-state index contributed by atoms with van der Waals surface area (Å²) in [4.78, 5) is 44.2. The van der Waals surface area contributed by atoms with Gasteiger partial charge in [-0.25, -0.2) is 19.5 Å². The normalized spacial score (nSPS) is 24.0. The van der Waals surface area contributed by atoms with E-state index in [0.29, 0.717) is 11.2 Å². The summed E-state index contributed by atoms with van der Waals surface area (Å²) in [5.41, 5.74) is 12.0. The van der Waals surface area contributed by atoms with E-state index in [2.05, 4.69) is 15.0 Å². The summed E-state index contributed by atoms with van der Waals surface area (Å²) in [6, 6.07) is -1.30. The zero-order valence-corrected chi connectivity index (χ0v) is 17.0. The second-order valence-corrected chi connectivity index (χ2v) is 8.37. The van der Waals surface area contributed by atoms with Gasteiger partial charge in [0, 0.05) is 12.8 Å². The van der Waals surface area contributed by atoms with Crippen LogP contribution in [0.1, 0.15) is 25.5 Å². The molecular weight excluding hydrogens is 437 g/mol. The number of rotatable bonds is 9. The van der Waals surface area contributed by atoms with Gasteiger partial charge in [-0.1, -0.05) is 0 Å². The Bertz CT molecular complexity index is 1020. The van der Waals surface area contributed by atoms with Gasteiger partial charge in [0.05, 0.1) is 25.1 Å². The number of hydrogen-bond acceptors (Lipinski definition) is 11. The first-order valence-corrected chi connectivity index (χ1v) is 10.7. The molecule has 0 radical (unpaired) electrons. The molecule has 0 aromatic carbocycles. The molecule has 31 heavy (non-hydrogen) atoms. The van der Waals surface area contributed by atoms with Crippen LogP contribution in [0.3, 0.4) is 0 Å². The average Bonchev–Trinajstić information content (AvgIpc) is 3.28. The highest BCUT2D eigenvalue weighted by molar-refractivity contribution is 7.51. The van der Waals surface area contributed by atoms with Crippen LogP contribution in [0.4, 0.5) is 5.82 Å². The van der Waals surface area contributed by atoms with Crippen LogP contribution in [0.25, 0.3) is 11.2 Å². The Morgan fingerprint density at radius 3 is 2.87 bits per heavy atom. The number of aliphatic carboxylic acids is 1. The van der Waals surface area contributed by atoms with Crippen molar-refractivity contribution >= 4 is 36.6 Å². The number of nitrogen functional groups attached to an aromatic ring is 1. The maximum atomic E-state index is 12.1. The van der Waals surface area contributed by atoms with Crippen molar-refractivity contribution in [2.45, 2.75) is 43.7 Å². The van der Waals surface area contributed by atoms with Crippen molar-refractivity contribution in [2.75, 3.05) is 12.3 Å². The molecule has 8 N–H and O–H groups in total. The quantitative estimate of drug-likeness (QED) is 0.234. The van der Waals surface area contributed by atoms with E-state index in [-0.39, 0.29) is 25.1 Å². The summed E-state index contributed by atoms with van der Waals surface area (Å²) in [7, 11) is -4.63. The zero-order valence-electron chi connectivity index (χ0n) is 16.1. The van der Waals surface area contributed by atoms with Crippen LogP contribution >= 0.6 is 7.75 Å². The summed E-state index contributed by atoms with van der Waals surface area (Å²) in [6.07, 6.45) is -0.533. The number of carboxylic acids is 1. The fourth-order valence-electron chi connectivity index (χ4n) is 2.96. The molecule has 1 saturated heterocycles. The van der Waals surface area contributed by atoms with E-state index in [1.165, 1.54) is 12.7 Å². The number of imidazole rings is 1. The second-order valence-electron chi connectivity index (χ2n) is 6.85. The number of amides is 1. The van der Waals surface area contributed by atoms with Crippen molar-refractivity contribution in [3.05, 3.63) is 12.7 Å². The van der Waals surface area contributed by atoms with Gasteiger partial charge in [-0.2, -0.15) is 0 Å². The molecule has 2 aromatic heterocycles. The van der Waals surface area contributed by atoms with Crippen molar-refractivity contribution < 1.29 is 38.5 Å².